The monoisotopic (exact) mass is 438 g/mol. The molecule has 2 aromatic heterocycles. The Morgan fingerprint density at radius 2 is 2.12 bits per heavy atom. The van der Waals surface area contributed by atoms with Gasteiger partial charge in [0.2, 0.25) is 0 Å². The summed E-state index contributed by atoms with van der Waals surface area (Å²) in [7, 11) is 0. The van der Waals surface area contributed by atoms with Gasteiger partial charge in [0.15, 0.2) is 0 Å². The number of aryl methyl sites for hydroxylation is 1. The summed E-state index contributed by atoms with van der Waals surface area (Å²) in [5.74, 6) is -0.108. The number of aromatic nitrogens is 2. The Morgan fingerprint density at radius 3 is 2.88 bits per heavy atom. The van der Waals surface area contributed by atoms with Crippen molar-refractivity contribution in [1.82, 2.24) is 9.97 Å². The zero-order valence-electron chi connectivity index (χ0n) is 18.1. The van der Waals surface area contributed by atoms with Gasteiger partial charge in [0.05, 0.1) is 29.8 Å². The predicted molar refractivity (Wildman–Crippen MR) is 129 cm³/mol. The maximum absolute atomic E-state index is 11.8. The number of carbonyl (C=O) groups is 1. The number of hydrogen-bond donors (Lipinski definition) is 3. The molecule has 33 heavy (non-hydrogen) atoms. The summed E-state index contributed by atoms with van der Waals surface area (Å²) in [4.78, 5) is 21.2. The first-order valence-electron chi connectivity index (χ1n) is 10.6. The summed E-state index contributed by atoms with van der Waals surface area (Å²) in [5.41, 5.74) is 12.6. The fourth-order valence-corrected chi connectivity index (χ4v) is 4.61. The number of aliphatic carboxylic acids is 1. The molecule has 2 aromatic carbocycles. The highest BCUT2D eigenvalue weighted by Crippen LogP contribution is 2.42. The second-order valence-electron chi connectivity index (χ2n) is 8.05. The minimum atomic E-state index is -0.903. The molecular formula is C26H22N4O3. The van der Waals surface area contributed by atoms with Crippen LogP contribution in [0.2, 0.25) is 0 Å². The second-order valence-corrected chi connectivity index (χ2v) is 8.05. The predicted octanol–water partition coefficient (Wildman–Crippen LogP) is 4.27. The lowest BCUT2D eigenvalue weighted by Crippen LogP contribution is -2.10. The van der Waals surface area contributed by atoms with Crippen molar-refractivity contribution in [3.8, 4) is 16.9 Å². The van der Waals surface area contributed by atoms with Gasteiger partial charge in [0, 0.05) is 46.9 Å². The molecule has 3 heterocycles. The third-order valence-electron chi connectivity index (χ3n) is 6.12. The molecule has 0 spiro atoms. The lowest BCUT2D eigenvalue weighted by atomic mass is 9.87. The molecule has 0 radical (unpaired) electrons. The van der Waals surface area contributed by atoms with Gasteiger partial charge in [-0.25, -0.2) is 4.98 Å². The smallest absolute Gasteiger partial charge is 0.307 e. The number of fused-ring (bicyclic) bond motifs is 1. The van der Waals surface area contributed by atoms with E-state index < -0.39 is 5.97 Å². The first-order valence-corrected chi connectivity index (χ1v) is 10.6. The van der Waals surface area contributed by atoms with E-state index in [1.807, 2.05) is 37.3 Å². The van der Waals surface area contributed by atoms with Crippen molar-refractivity contribution in [3.63, 3.8) is 0 Å². The van der Waals surface area contributed by atoms with Crippen LogP contribution in [0, 0.1) is 12.3 Å². The molecule has 4 aromatic rings. The van der Waals surface area contributed by atoms with Crippen LogP contribution in [-0.2, 0) is 17.6 Å². The molecule has 4 N–H and O–H groups in total. The lowest BCUT2D eigenvalue weighted by molar-refractivity contribution is -0.136. The number of nitrogens with two attached hydrogens (primary N) is 1. The first kappa shape index (κ1) is 20.6. The average Bonchev–Trinajstić information content (AvgIpc) is 2.81. The van der Waals surface area contributed by atoms with Gasteiger partial charge in [-0.2, -0.15) is 0 Å². The number of nitrogens with zero attached hydrogens (tertiary/aromatic N) is 2. The van der Waals surface area contributed by atoms with Crippen LogP contribution in [0.15, 0.2) is 48.8 Å². The number of hydrogen-bond acceptors (Lipinski definition) is 6. The van der Waals surface area contributed by atoms with Gasteiger partial charge in [-0.05, 0) is 59.5 Å². The molecule has 7 nitrogen and oxygen atoms in total. The summed E-state index contributed by atoms with van der Waals surface area (Å²) in [6, 6.07) is 11.5. The fourth-order valence-electron chi connectivity index (χ4n) is 4.61. The summed E-state index contributed by atoms with van der Waals surface area (Å²) in [6.07, 6.45) is 4.99. The minimum Gasteiger partial charge on any atom is -0.493 e. The third kappa shape index (κ3) is 3.38. The Hall–Kier alpha value is -4.26. The van der Waals surface area contributed by atoms with E-state index >= 15 is 0 Å². The number of pyridine rings is 2. The summed E-state index contributed by atoms with van der Waals surface area (Å²) >= 11 is 0. The zero-order chi connectivity index (χ0) is 23.1. The highest BCUT2D eigenvalue weighted by molar-refractivity contribution is 6.10. The maximum Gasteiger partial charge on any atom is 0.307 e. The van der Waals surface area contributed by atoms with Crippen molar-refractivity contribution in [2.24, 2.45) is 5.73 Å². The lowest BCUT2D eigenvalue weighted by Gasteiger charge is -2.21. The molecule has 1 aliphatic rings. The first-order chi connectivity index (χ1) is 16.0. The van der Waals surface area contributed by atoms with Crippen LogP contribution in [0.25, 0.3) is 38.5 Å². The van der Waals surface area contributed by atoms with E-state index in [9.17, 15) is 9.90 Å². The molecule has 0 bridgehead atoms. The van der Waals surface area contributed by atoms with Gasteiger partial charge in [0.1, 0.15) is 5.75 Å². The van der Waals surface area contributed by atoms with Crippen molar-refractivity contribution in [2.75, 3.05) is 6.61 Å². The van der Waals surface area contributed by atoms with Crippen molar-refractivity contribution < 1.29 is 14.6 Å². The van der Waals surface area contributed by atoms with Crippen LogP contribution < -0.4 is 10.5 Å². The van der Waals surface area contributed by atoms with Crippen LogP contribution in [0.3, 0.4) is 0 Å². The van der Waals surface area contributed by atoms with Gasteiger partial charge in [-0.3, -0.25) is 9.78 Å². The topological polar surface area (TPSA) is 122 Å². The van der Waals surface area contributed by atoms with Crippen molar-refractivity contribution in [2.45, 2.75) is 19.8 Å². The Kier molecular flexibility index (Phi) is 5.01. The minimum absolute atomic E-state index is 0.118. The molecule has 0 aliphatic carbocycles. The normalized spacial score (nSPS) is 13.2. The maximum atomic E-state index is 11.8. The Morgan fingerprint density at radius 1 is 1.27 bits per heavy atom. The van der Waals surface area contributed by atoms with E-state index in [2.05, 4.69) is 4.98 Å². The van der Waals surface area contributed by atoms with Gasteiger partial charge in [0.25, 0.3) is 0 Å². The molecule has 0 saturated carbocycles. The zero-order valence-corrected chi connectivity index (χ0v) is 18.1. The highest BCUT2D eigenvalue weighted by atomic mass is 16.5. The quantitative estimate of drug-likeness (QED) is 0.400. The highest BCUT2D eigenvalue weighted by Gasteiger charge is 2.22. The van der Waals surface area contributed by atoms with E-state index in [-0.39, 0.29) is 6.42 Å². The van der Waals surface area contributed by atoms with E-state index in [0.29, 0.717) is 23.4 Å². The summed E-state index contributed by atoms with van der Waals surface area (Å²) in [5, 5.41) is 19.0. The Bertz CT molecular complexity index is 1480. The van der Waals surface area contributed by atoms with Crippen LogP contribution in [0.5, 0.6) is 5.75 Å². The third-order valence-corrected chi connectivity index (χ3v) is 6.12. The number of rotatable bonds is 5. The second kappa shape index (κ2) is 8.02. The van der Waals surface area contributed by atoms with Gasteiger partial charge in [-0.15, -0.1) is 0 Å². The molecule has 0 atom stereocenters. The summed E-state index contributed by atoms with van der Waals surface area (Å²) < 4.78 is 5.87. The number of carboxylic acid groups (broad SMARTS) is 1. The summed E-state index contributed by atoms with van der Waals surface area (Å²) in [6.45, 7) is 2.52. The van der Waals surface area contributed by atoms with E-state index in [1.54, 1.807) is 12.3 Å². The standard InChI is InChI=1S/C26H22N4O3/c1-14-10-21-17(2-4-20(30-21)16(12-27)13-28)25(19(14)11-23(31)32)18-3-5-22-24-15(7-9-33-22)6-8-29-26(18)24/h2-6,8,10,12-13,27H,7,9,11,28H2,1H3,(H,31,32). The fraction of sp³-hybridized carbons (Fsp3) is 0.154. The molecule has 0 unspecified atom stereocenters. The Balaban J connectivity index is 1.88. The molecular weight excluding hydrogens is 416 g/mol. The van der Waals surface area contributed by atoms with Crippen molar-refractivity contribution in [1.29, 1.82) is 5.41 Å². The van der Waals surface area contributed by atoms with E-state index in [0.717, 1.165) is 56.9 Å². The number of nitrogens with one attached hydrogen (secondary N) is 1. The average molecular weight is 438 g/mol. The molecule has 1 aliphatic heterocycles. The Labute approximate surface area is 190 Å². The molecule has 0 saturated heterocycles. The molecule has 0 amide bonds. The molecule has 0 fully saturated rings. The number of ether oxygens (including phenoxy) is 1. The van der Waals surface area contributed by atoms with Crippen LogP contribution in [0.4, 0.5) is 0 Å². The van der Waals surface area contributed by atoms with Crippen molar-refractivity contribution >= 4 is 39.6 Å². The number of benzene rings is 2. The number of carboxylic acids is 1. The molecule has 5 rings (SSSR count). The molecule has 7 heteroatoms. The molecule has 164 valence electrons. The number of allylic oxidation sites excluding steroid dienone is 1. The van der Waals surface area contributed by atoms with Gasteiger partial charge >= 0.3 is 5.97 Å². The largest absolute Gasteiger partial charge is 0.493 e. The van der Waals surface area contributed by atoms with E-state index in [1.165, 1.54) is 11.8 Å². The SMILES string of the molecule is Cc1cc2nc(C(C=N)=CN)ccc2c(-c2ccc3c4c(ccnc24)CCO3)c1CC(=O)O. The van der Waals surface area contributed by atoms with Crippen molar-refractivity contribution in [3.05, 3.63) is 71.2 Å². The van der Waals surface area contributed by atoms with E-state index in [4.69, 9.17) is 20.9 Å². The van der Waals surface area contributed by atoms with Crippen LogP contribution in [0.1, 0.15) is 22.4 Å². The van der Waals surface area contributed by atoms with Gasteiger partial charge in [-0.1, -0.05) is 6.07 Å². The van der Waals surface area contributed by atoms with Crippen LogP contribution in [-0.4, -0.2) is 33.9 Å². The van der Waals surface area contributed by atoms with Gasteiger partial charge < -0.3 is 21.0 Å². The van der Waals surface area contributed by atoms with Crippen LogP contribution >= 0.6 is 0 Å².